The Balaban J connectivity index is 1.59. The maximum atomic E-state index is 12.0. The Bertz CT molecular complexity index is 824. The van der Waals surface area contributed by atoms with Gasteiger partial charge in [-0.3, -0.25) is 9.78 Å². The number of hydrogen-bond acceptors (Lipinski definition) is 3. The van der Waals surface area contributed by atoms with Crippen LogP contribution < -0.4 is 10.6 Å². The summed E-state index contributed by atoms with van der Waals surface area (Å²) >= 11 is 0. The molecule has 0 atom stereocenters. The molecule has 2 aromatic carbocycles. The summed E-state index contributed by atoms with van der Waals surface area (Å²) in [6.07, 6.45) is 1.76. The largest absolute Gasteiger partial charge is 0.374 e. The van der Waals surface area contributed by atoms with Crippen LogP contribution >= 0.6 is 0 Å². The van der Waals surface area contributed by atoms with Crippen molar-refractivity contribution in [3.63, 3.8) is 0 Å². The maximum Gasteiger partial charge on any atom is 0.239 e. The van der Waals surface area contributed by atoms with E-state index in [1.165, 1.54) is 5.56 Å². The van der Waals surface area contributed by atoms with Crippen LogP contribution in [0, 0.1) is 6.92 Å². The van der Waals surface area contributed by atoms with Gasteiger partial charge in [0.25, 0.3) is 0 Å². The SMILES string of the molecule is Cc1ccccc1CNC(=O)CNc1cccc2cccnc12. The summed E-state index contributed by atoms with van der Waals surface area (Å²) < 4.78 is 0. The molecule has 0 bridgehead atoms. The van der Waals surface area contributed by atoms with E-state index in [0.29, 0.717) is 6.54 Å². The zero-order valence-electron chi connectivity index (χ0n) is 13.0. The molecular formula is C19H19N3O. The third-order valence-electron chi connectivity index (χ3n) is 3.81. The molecule has 23 heavy (non-hydrogen) atoms. The van der Waals surface area contributed by atoms with Crippen molar-refractivity contribution in [2.75, 3.05) is 11.9 Å². The highest BCUT2D eigenvalue weighted by atomic mass is 16.1. The fourth-order valence-electron chi connectivity index (χ4n) is 2.49. The highest BCUT2D eigenvalue weighted by Crippen LogP contribution is 2.20. The lowest BCUT2D eigenvalue weighted by Crippen LogP contribution is -2.29. The predicted molar refractivity (Wildman–Crippen MR) is 93.3 cm³/mol. The Morgan fingerprint density at radius 1 is 1.04 bits per heavy atom. The summed E-state index contributed by atoms with van der Waals surface area (Å²) in [4.78, 5) is 16.4. The second-order valence-electron chi connectivity index (χ2n) is 5.44. The first-order chi connectivity index (χ1) is 11.2. The quantitative estimate of drug-likeness (QED) is 0.760. The Kier molecular flexibility index (Phi) is 4.52. The smallest absolute Gasteiger partial charge is 0.239 e. The number of pyridine rings is 1. The molecule has 0 saturated heterocycles. The van der Waals surface area contributed by atoms with E-state index in [0.717, 1.165) is 22.2 Å². The highest BCUT2D eigenvalue weighted by Gasteiger charge is 2.05. The van der Waals surface area contributed by atoms with Crippen molar-refractivity contribution in [2.45, 2.75) is 13.5 Å². The van der Waals surface area contributed by atoms with Gasteiger partial charge in [-0.15, -0.1) is 0 Å². The minimum atomic E-state index is -0.0406. The summed E-state index contributed by atoms with van der Waals surface area (Å²) in [5.74, 6) is -0.0406. The van der Waals surface area contributed by atoms with Crippen molar-refractivity contribution in [1.29, 1.82) is 0 Å². The number of benzene rings is 2. The zero-order chi connectivity index (χ0) is 16.1. The molecule has 4 nitrogen and oxygen atoms in total. The van der Waals surface area contributed by atoms with Gasteiger partial charge in [0.15, 0.2) is 0 Å². The van der Waals surface area contributed by atoms with E-state index in [-0.39, 0.29) is 12.5 Å². The summed E-state index contributed by atoms with van der Waals surface area (Å²) in [6.45, 7) is 2.81. The van der Waals surface area contributed by atoms with Crippen LogP contribution in [0.3, 0.4) is 0 Å². The molecule has 0 radical (unpaired) electrons. The second kappa shape index (κ2) is 6.92. The predicted octanol–water partition coefficient (Wildman–Crippen LogP) is 3.27. The molecule has 0 spiro atoms. The number of nitrogens with one attached hydrogen (secondary N) is 2. The van der Waals surface area contributed by atoms with Crippen LogP contribution in [0.5, 0.6) is 0 Å². The molecule has 116 valence electrons. The standard InChI is InChI=1S/C19H19N3O/c1-14-6-2-3-7-16(14)12-22-18(23)13-21-17-10-4-8-15-9-5-11-20-19(15)17/h2-11,21H,12-13H2,1H3,(H,22,23). The van der Waals surface area contributed by atoms with Gasteiger partial charge in [0.1, 0.15) is 0 Å². The summed E-state index contributed by atoms with van der Waals surface area (Å²) in [6, 6.07) is 17.9. The number of amides is 1. The number of hydrogen-bond donors (Lipinski definition) is 2. The fraction of sp³-hybridized carbons (Fsp3) is 0.158. The topological polar surface area (TPSA) is 54.0 Å². The van der Waals surface area contributed by atoms with Crippen LogP contribution in [-0.2, 0) is 11.3 Å². The summed E-state index contributed by atoms with van der Waals surface area (Å²) in [5.41, 5.74) is 4.06. The van der Waals surface area contributed by atoms with E-state index in [1.54, 1.807) is 6.20 Å². The number of carbonyl (C=O) groups excluding carboxylic acids is 1. The molecule has 0 aliphatic rings. The average molecular weight is 305 g/mol. The lowest BCUT2D eigenvalue weighted by atomic mass is 10.1. The number of nitrogens with zero attached hydrogens (tertiary/aromatic N) is 1. The molecule has 0 fully saturated rings. The van der Waals surface area contributed by atoms with E-state index in [1.807, 2.05) is 61.5 Å². The van der Waals surface area contributed by atoms with Crippen LogP contribution in [0.2, 0.25) is 0 Å². The van der Waals surface area contributed by atoms with Gasteiger partial charge in [-0.05, 0) is 30.2 Å². The molecule has 0 aliphatic heterocycles. The first-order valence-corrected chi connectivity index (χ1v) is 7.63. The molecule has 3 rings (SSSR count). The third kappa shape index (κ3) is 3.66. The van der Waals surface area contributed by atoms with Gasteiger partial charge < -0.3 is 10.6 Å². The number of aromatic nitrogens is 1. The summed E-state index contributed by atoms with van der Waals surface area (Å²) in [7, 11) is 0. The molecule has 3 aromatic rings. The van der Waals surface area contributed by atoms with Crippen LogP contribution in [0.25, 0.3) is 10.9 Å². The van der Waals surface area contributed by atoms with Gasteiger partial charge in [-0.2, -0.15) is 0 Å². The first-order valence-electron chi connectivity index (χ1n) is 7.63. The molecule has 1 aromatic heterocycles. The summed E-state index contributed by atoms with van der Waals surface area (Å²) in [5, 5.41) is 7.15. The minimum absolute atomic E-state index is 0.0406. The van der Waals surface area contributed by atoms with E-state index in [4.69, 9.17) is 0 Å². The van der Waals surface area contributed by atoms with Crippen LogP contribution in [-0.4, -0.2) is 17.4 Å². The van der Waals surface area contributed by atoms with Crippen LogP contribution in [0.1, 0.15) is 11.1 Å². The second-order valence-corrected chi connectivity index (χ2v) is 5.44. The van der Waals surface area contributed by atoms with Crippen molar-refractivity contribution in [1.82, 2.24) is 10.3 Å². The van der Waals surface area contributed by atoms with Gasteiger partial charge >= 0.3 is 0 Å². The lowest BCUT2D eigenvalue weighted by Gasteiger charge is -2.10. The molecule has 4 heteroatoms. The van der Waals surface area contributed by atoms with Gasteiger partial charge in [-0.1, -0.05) is 42.5 Å². The lowest BCUT2D eigenvalue weighted by molar-refractivity contribution is -0.119. The highest BCUT2D eigenvalue weighted by molar-refractivity contribution is 5.92. The molecule has 2 N–H and O–H groups in total. The van der Waals surface area contributed by atoms with Gasteiger partial charge in [0.05, 0.1) is 17.7 Å². The van der Waals surface area contributed by atoms with Crippen molar-refractivity contribution in [3.05, 3.63) is 71.9 Å². The van der Waals surface area contributed by atoms with E-state index in [9.17, 15) is 4.79 Å². The Hall–Kier alpha value is -2.88. The average Bonchev–Trinajstić information content (AvgIpc) is 2.59. The molecular weight excluding hydrogens is 286 g/mol. The van der Waals surface area contributed by atoms with Crippen molar-refractivity contribution in [2.24, 2.45) is 0 Å². The molecule has 0 unspecified atom stereocenters. The zero-order valence-corrected chi connectivity index (χ0v) is 13.0. The van der Waals surface area contributed by atoms with Crippen molar-refractivity contribution in [3.8, 4) is 0 Å². The number of para-hydroxylation sites is 1. The van der Waals surface area contributed by atoms with E-state index in [2.05, 4.69) is 15.6 Å². The Morgan fingerprint density at radius 2 is 1.87 bits per heavy atom. The van der Waals surface area contributed by atoms with Crippen LogP contribution in [0.4, 0.5) is 5.69 Å². The fourth-order valence-corrected chi connectivity index (χ4v) is 2.49. The maximum absolute atomic E-state index is 12.0. The number of anilines is 1. The first kappa shape index (κ1) is 15.0. The van der Waals surface area contributed by atoms with Crippen LogP contribution in [0.15, 0.2) is 60.8 Å². The van der Waals surface area contributed by atoms with Gasteiger partial charge in [0, 0.05) is 18.1 Å². The number of aryl methyl sites for hydroxylation is 1. The van der Waals surface area contributed by atoms with Crippen molar-refractivity contribution < 1.29 is 4.79 Å². The van der Waals surface area contributed by atoms with E-state index >= 15 is 0 Å². The number of carbonyl (C=O) groups is 1. The van der Waals surface area contributed by atoms with Gasteiger partial charge in [0.2, 0.25) is 5.91 Å². The molecule has 1 heterocycles. The molecule has 0 saturated carbocycles. The van der Waals surface area contributed by atoms with Gasteiger partial charge in [-0.25, -0.2) is 0 Å². The Morgan fingerprint density at radius 3 is 2.74 bits per heavy atom. The Labute approximate surface area is 135 Å². The third-order valence-corrected chi connectivity index (χ3v) is 3.81. The number of fused-ring (bicyclic) bond motifs is 1. The van der Waals surface area contributed by atoms with Crippen molar-refractivity contribution >= 4 is 22.5 Å². The monoisotopic (exact) mass is 305 g/mol. The molecule has 1 amide bonds. The minimum Gasteiger partial charge on any atom is -0.374 e. The molecule has 0 aliphatic carbocycles. The number of rotatable bonds is 5. The van der Waals surface area contributed by atoms with E-state index < -0.39 is 0 Å². The normalized spacial score (nSPS) is 10.5.